The zero-order chi connectivity index (χ0) is 14.5. The fourth-order valence-electron chi connectivity index (χ4n) is 2.44. The molecule has 2 aromatic carbocycles. The van der Waals surface area contributed by atoms with E-state index in [1.54, 1.807) is 7.11 Å². The quantitative estimate of drug-likeness (QED) is 0.706. The van der Waals surface area contributed by atoms with Crippen LogP contribution in [0.1, 0.15) is 11.1 Å². The van der Waals surface area contributed by atoms with Crippen LogP contribution in [0.2, 0.25) is 0 Å². The highest BCUT2D eigenvalue weighted by Gasteiger charge is 2.07. The Morgan fingerprint density at radius 3 is 2.33 bits per heavy atom. The van der Waals surface area contributed by atoms with E-state index in [2.05, 4.69) is 29.2 Å². The van der Waals surface area contributed by atoms with Crippen molar-refractivity contribution in [1.29, 1.82) is 0 Å². The van der Waals surface area contributed by atoms with E-state index in [0.717, 1.165) is 17.7 Å². The summed E-state index contributed by atoms with van der Waals surface area (Å²) in [5.41, 5.74) is 4.82. The summed E-state index contributed by atoms with van der Waals surface area (Å²) >= 11 is 0. The molecule has 0 unspecified atom stereocenters. The molecule has 0 amide bonds. The lowest BCUT2D eigenvalue weighted by Crippen LogP contribution is -1.93. The molecule has 0 aliphatic rings. The van der Waals surface area contributed by atoms with E-state index < -0.39 is 0 Å². The van der Waals surface area contributed by atoms with Gasteiger partial charge < -0.3 is 4.74 Å². The average molecular weight is 275 g/mol. The number of methoxy groups -OCH3 is 1. The predicted octanol–water partition coefficient (Wildman–Crippen LogP) is 4.35. The van der Waals surface area contributed by atoms with Crippen LogP contribution >= 0.6 is 0 Å². The van der Waals surface area contributed by atoms with Crippen LogP contribution < -0.4 is 4.74 Å². The van der Waals surface area contributed by atoms with Gasteiger partial charge in [0.2, 0.25) is 0 Å². The molecule has 2 nitrogen and oxygen atoms in total. The Balaban J connectivity index is 1.97. The number of ether oxygens (including phenoxy) is 1. The minimum Gasteiger partial charge on any atom is -0.496 e. The maximum Gasteiger partial charge on any atom is 0.126 e. The molecule has 0 bridgehead atoms. The molecule has 0 N–H and O–H groups in total. The van der Waals surface area contributed by atoms with Gasteiger partial charge in [-0.25, -0.2) is 0 Å². The average Bonchev–Trinajstić information content (AvgIpc) is 2.56. The van der Waals surface area contributed by atoms with Crippen molar-refractivity contribution in [3.8, 4) is 16.9 Å². The maximum atomic E-state index is 5.49. The number of benzene rings is 2. The fraction of sp³-hybridized carbons (Fsp3) is 0.105. The molecule has 0 spiro atoms. The van der Waals surface area contributed by atoms with Crippen LogP contribution in [0.25, 0.3) is 11.1 Å². The monoisotopic (exact) mass is 275 g/mol. The van der Waals surface area contributed by atoms with Crippen LogP contribution in [0.3, 0.4) is 0 Å². The highest BCUT2D eigenvalue weighted by atomic mass is 16.5. The number of hydrogen-bond acceptors (Lipinski definition) is 2. The number of aromatic nitrogens is 1. The zero-order valence-corrected chi connectivity index (χ0v) is 12.0. The van der Waals surface area contributed by atoms with Crippen molar-refractivity contribution in [3.05, 3.63) is 84.2 Å². The molecule has 0 aliphatic carbocycles. The lowest BCUT2D eigenvalue weighted by molar-refractivity contribution is 0.416. The summed E-state index contributed by atoms with van der Waals surface area (Å²) in [6, 6.07) is 20.8. The van der Waals surface area contributed by atoms with E-state index >= 15 is 0 Å². The molecule has 2 heteroatoms. The predicted molar refractivity (Wildman–Crippen MR) is 85.5 cm³/mol. The Kier molecular flexibility index (Phi) is 3.97. The summed E-state index contributed by atoms with van der Waals surface area (Å²) < 4.78 is 5.49. The Morgan fingerprint density at radius 2 is 1.62 bits per heavy atom. The van der Waals surface area contributed by atoms with Gasteiger partial charge in [-0.2, -0.15) is 0 Å². The number of pyridine rings is 1. The van der Waals surface area contributed by atoms with E-state index in [1.165, 1.54) is 16.7 Å². The molecule has 0 saturated carbocycles. The molecule has 3 rings (SSSR count). The van der Waals surface area contributed by atoms with Crippen molar-refractivity contribution in [2.45, 2.75) is 6.42 Å². The lowest BCUT2D eigenvalue weighted by Gasteiger charge is -2.11. The van der Waals surface area contributed by atoms with Gasteiger partial charge in [0.1, 0.15) is 5.75 Å². The van der Waals surface area contributed by atoms with Gasteiger partial charge in [-0.1, -0.05) is 36.4 Å². The summed E-state index contributed by atoms with van der Waals surface area (Å²) in [4.78, 5) is 4.06. The van der Waals surface area contributed by atoms with Gasteiger partial charge in [-0.15, -0.1) is 0 Å². The second kappa shape index (κ2) is 6.23. The molecular formula is C19H17NO. The first-order chi connectivity index (χ1) is 10.4. The third kappa shape index (κ3) is 3.11. The Labute approximate surface area is 125 Å². The highest BCUT2D eigenvalue weighted by Crippen LogP contribution is 2.31. The van der Waals surface area contributed by atoms with Crippen LogP contribution in [-0.4, -0.2) is 12.1 Å². The third-order valence-electron chi connectivity index (χ3n) is 3.51. The largest absolute Gasteiger partial charge is 0.496 e. The molecule has 3 aromatic rings. The van der Waals surface area contributed by atoms with Crippen molar-refractivity contribution >= 4 is 0 Å². The number of hydrogen-bond donors (Lipinski definition) is 0. The summed E-state index contributed by atoms with van der Waals surface area (Å²) in [7, 11) is 1.71. The third-order valence-corrected chi connectivity index (χ3v) is 3.51. The molecule has 0 radical (unpaired) electrons. The second-order valence-corrected chi connectivity index (χ2v) is 4.93. The molecule has 0 atom stereocenters. The number of rotatable bonds is 4. The van der Waals surface area contributed by atoms with Crippen LogP contribution in [0.4, 0.5) is 0 Å². The van der Waals surface area contributed by atoms with Gasteiger partial charge in [-0.3, -0.25) is 4.98 Å². The molecule has 104 valence electrons. The Morgan fingerprint density at radius 1 is 0.857 bits per heavy atom. The van der Waals surface area contributed by atoms with Gasteiger partial charge >= 0.3 is 0 Å². The molecular weight excluding hydrogens is 258 g/mol. The summed E-state index contributed by atoms with van der Waals surface area (Å²) in [5.74, 6) is 0.902. The SMILES string of the molecule is COc1ccc(Cc2ccncc2)cc1-c1ccccc1. The van der Waals surface area contributed by atoms with Crippen LogP contribution in [0.15, 0.2) is 73.1 Å². The Bertz CT molecular complexity index is 708. The highest BCUT2D eigenvalue weighted by molar-refractivity contribution is 5.71. The van der Waals surface area contributed by atoms with Gasteiger partial charge in [0, 0.05) is 18.0 Å². The topological polar surface area (TPSA) is 22.1 Å². The van der Waals surface area contributed by atoms with Crippen molar-refractivity contribution in [2.75, 3.05) is 7.11 Å². The zero-order valence-electron chi connectivity index (χ0n) is 12.0. The van der Waals surface area contributed by atoms with Gasteiger partial charge in [0.05, 0.1) is 7.11 Å². The normalized spacial score (nSPS) is 10.3. The Hall–Kier alpha value is -2.61. The molecule has 0 fully saturated rings. The first-order valence-electron chi connectivity index (χ1n) is 6.98. The van der Waals surface area contributed by atoms with Crippen LogP contribution in [0, 0.1) is 0 Å². The van der Waals surface area contributed by atoms with Crippen molar-refractivity contribution in [3.63, 3.8) is 0 Å². The molecule has 0 aliphatic heterocycles. The summed E-state index contributed by atoms with van der Waals surface area (Å²) in [6.45, 7) is 0. The molecule has 1 aromatic heterocycles. The molecule has 0 saturated heterocycles. The van der Waals surface area contributed by atoms with E-state index in [4.69, 9.17) is 4.74 Å². The van der Waals surface area contributed by atoms with E-state index in [0.29, 0.717) is 0 Å². The minimum atomic E-state index is 0.895. The van der Waals surface area contributed by atoms with Gasteiger partial charge in [0.25, 0.3) is 0 Å². The van der Waals surface area contributed by atoms with Crippen molar-refractivity contribution in [1.82, 2.24) is 4.98 Å². The first-order valence-corrected chi connectivity index (χ1v) is 6.98. The smallest absolute Gasteiger partial charge is 0.126 e. The lowest BCUT2D eigenvalue weighted by atomic mass is 9.98. The van der Waals surface area contributed by atoms with Gasteiger partial charge in [0.15, 0.2) is 0 Å². The fourth-order valence-corrected chi connectivity index (χ4v) is 2.44. The van der Waals surface area contributed by atoms with Crippen molar-refractivity contribution < 1.29 is 4.74 Å². The minimum absolute atomic E-state index is 0.895. The van der Waals surface area contributed by atoms with E-state index in [9.17, 15) is 0 Å². The molecule has 21 heavy (non-hydrogen) atoms. The van der Waals surface area contributed by atoms with Crippen LogP contribution in [0.5, 0.6) is 5.75 Å². The summed E-state index contributed by atoms with van der Waals surface area (Å²) in [6.07, 6.45) is 4.56. The molecule has 1 heterocycles. The van der Waals surface area contributed by atoms with E-state index in [1.807, 2.05) is 48.8 Å². The number of nitrogens with zero attached hydrogens (tertiary/aromatic N) is 1. The standard InChI is InChI=1S/C19H17NO/c1-21-19-8-7-16(13-15-9-11-20-12-10-15)14-18(19)17-5-3-2-4-6-17/h2-12,14H,13H2,1H3. The summed E-state index contributed by atoms with van der Waals surface area (Å²) in [5, 5.41) is 0. The van der Waals surface area contributed by atoms with Crippen LogP contribution in [-0.2, 0) is 6.42 Å². The van der Waals surface area contributed by atoms with Crippen molar-refractivity contribution in [2.24, 2.45) is 0 Å². The first kappa shape index (κ1) is 13.4. The second-order valence-electron chi connectivity index (χ2n) is 4.93. The van der Waals surface area contributed by atoms with E-state index in [-0.39, 0.29) is 0 Å². The maximum absolute atomic E-state index is 5.49. The van der Waals surface area contributed by atoms with Gasteiger partial charge in [-0.05, 0) is 47.4 Å².